The first-order valence-electron chi connectivity index (χ1n) is 8.41. The predicted octanol–water partition coefficient (Wildman–Crippen LogP) is 3.33. The fraction of sp³-hybridized carbons (Fsp3) is 0.0952. The Kier molecular flexibility index (Phi) is 5.89. The highest BCUT2D eigenvalue weighted by molar-refractivity contribution is 5.94. The Morgan fingerprint density at radius 2 is 1.63 bits per heavy atom. The van der Waals surface area contributed by atoms with Gasteiger partial charge in [-0.05, 0) is 47.5 Å². The molecule has 0 aliphatic rings. The number of nitrogens with one attached hydrogen (secondary N) is 2. The molecule has 0 aliphatic carbocycles. The summed E-state index contributed by atoms with van der Waals surface area (Å²) in [5, 5.41) is 5.61. The van der Waals surface area contributed by atoms with Crippen molar-refractivity contribution in [1.82, 2.24) is 10.3 Å². The molecule has 0 spiro atoms. The van der Waals surface area contributed by atoms with Gasteiger partial charge in [-0.1, -0.05) is 24.3 Å². The Balaban J connectivity index is 1.50. The van der Waals surface area contributed by atoms with E-state index in [1.165, 1.54) is 18.3 Å². The smallest absolute Gasteiger partial charge is 0.253 e. The molecule has 136 valence electrons. The van der Waals surface area contributed by atoms with E-state index < -0.39 is 0 Å². The molecule has 27 heavy (non-hydrogen) atoms. The van der Waals surface area contributed by atoms with Crippen LogP contribution in [0, 0.1) is 5.82 Å². The molecule has 0 radical (unpaired) electrons. The number of pyridine rings is 1. The van der Waals surface area contributed by atoms with Crippen LogP contribution in [0.25, 0.3) is 0 Å². The van der Waals surface area contributed by atoms with E-state index in [0.29, 0.717) is 17.8 Å². The Hall–Kier alpha value is -3.54. The SMILES string of the molecule is O=C(Cc1ccc(F)cc1)Nc1ccc(CNC(=O)c2cccnc2)cc1. The third-order valence-corrected chi connectivity index (χ3v) is 3.89. The van der Waals surface area contributed by atoms with E-state index in [0.717, 1.165) is 11.1 Å². The minimum absolute atomic E-state index is 0.170. The largest absolute Gasteiger partial charge is 0.348 e. The molecule has 1 aromatic heterocycles. The van der Waals surface area contributed by atoms with E-state index >= 15 is 0 Å². The monoisotopic (exact) mass is 363 g/mol. The molecule has 0 aliphatic heterocycles. The first-order valence-corrected chi connectivity index (χ1v) is 8.41. The van der Waals surface area contributed by atoms with Crippen LogP contribution < -0.4 is 10.6 Å². The van der Waals surface area contributed by atoms with Gasteiger partial charge in [0.25, 0.3) is 5.91 Å². The number of anilines is 1. The first-order chi connectivity index (χ1) is 13.1. The number of nitrogens with zero attached hydrogens (tertiary/aromatic N) is 1. The molecule has 0 fully saturated rings. The average Bonchev–Trinajstić information content (AvgIpc) is 2.69. The van der Waals surface area contributed by atoms with Gasteiger partial charge in [-0.25, -0.2) is 4.39 Å². The summed E-state index contributed by atoms with van der Waals surface area (Å²) >= 11 is 0. The third-order valence-electron chi connectivity index (χ3n) is 3.89. The number of aromatic nitrogens is 1. The number of benzene rings is 2. The summed E-state index contributed by atoms with van der Waals surface area (Å²) in [5.41, 5.74) is 2.80. The summed E-state index contributed by atoms with van der Waals surface area (Å²) in [6.45, 7) is 0.373. The number of hydrogen-bond acceptors (Lipinski definition) is 3. The molecule has 2 amide bonds. The molecule has 2 N–H and O–H groups in total. The fourth-order valence-corrected chi connectivity index (χ4v) is 2.48. The molecule has 6 heteroatoms. The summed E-state index contributed by atoms with van der Waals surface area (Å²) in [5.74, 6) is -0.704. The van der Waals surface area contributed by atoms with Crippen molar-refractivity contribution in [3.05, 3.63) is 95.6 Å². The summed E-state index contributed by atoms with van der Waals surface area (Å²) < 4.78 is 12.9. The highest BCUT2D eigenvalue weighted by Crippen LogP contribution is 2.11. The highest BCUT2D eigenvalue weighted by Gasteiger charge is 2.06. The van der Waals surface area contributed by atoms with Gasteiger partial charge in [-0.3, -0.25) is 14.6 Å². The normalized spacial score (nSPS) is 10.3. The maximum absolute atomic E-state index is 12.9. The number of carbonyl (C=O) groups is 2. The van der Waals surface area contributed by atoms with Crippen molar-refractivity contribution in [3.63, 3.8) is 0 Å². The molecule has 0 saturated carbocycles. The Morgan fingerprint density at radius 3 is 2.30 bits per heavy atom. The standard InChI is InChI=1S/C21H18FN3O2/c22-18-7-3-15(4-8-18)12-20(26)25-19-9-5-16(6-10-19)13-24-21(27)17-2-1-11-23-14-17/h1-11,14H,12-13H2,(H,24,27)(H,25,26). The molecular formula is C21H18FN3O2. The number of rotatable bonds is 6. The second-order valence-electron chi connectivity index (χ2n) is 5.97. The Bertz CT molecular complexity index is 910. The summed E-state index contributed by atoms with van der Waals surface area (Å²) in [6, 6.07) is 16.4. The van der Waals surface area contributed by atoms with E-state index in [1.54, 1.807) is 42.6 Å². The maximum Gasteiger partial charge on any atom is 0.253 e. The van der Waals surface area contributed by atoms with Crippen LogP contribution in [0.2, 0.25) is 0 Å². The quantitative estimate of drug-likeness (QED) is 0.706. The van der Waals surface area contributed by atoms with Gasteiger partial charge in [-0.15, -0.1) is 0 Å². The molecule has 0 atom stereocenters. The van der Waals surface area contributed by atoms with Crippen molar-refractivity contribution < 1.29 is 14.0 Å². The van der Waals surface area contributed by atoms with Crippen molar-refractivity contribution in [3.8, 4) is 0 Å². The van der Waals surface area contributed by atoms with Crippen LogP contribution in [0.4, 0.5) is 10.1 Å². The van der Waals surface area contributed by atoms with Crippen LogP contribution in [0.1, 0.15) is 21.5 Å². The van der Waals surface area contributed by atoms with Gasteiger partial charge >= 0.3 is 0 Å². The number of amides is 2. The zero-order chi connectivity index (χ0) is 19.1. The molecule has 2 aromatic carbocycles. The zero-order valence-corrected chi connectivity index (χ0v) is 14.5. The zero-order valence-electron chi connectivity index (χ0n) is 14.5. The molecule has 1 heterocycles. The van der Waals surface area contributed by atoms with Crippen LogP contribution in [0.3, 0.4) is 0 Å². The second-order valence-corrected chi connectivity index (χ2v) is 5.97. The minimum atomic E-state index is -0.328. The van der Waals surface area contributed by atoms with Crippen LogP contribution >= 0.6 is 0 Å². The Morgan fingerprint density at radius 1 is 0.926 bits per heavy atom. The van der Waals surface area contributed by atoms with Crippen molar-refractivity contribution in [2.24, 2.45) is 0 Å². The van der Waals surface area contributed by atoms with Gasteiger partial charge in [0.15, 0.2) is 0 Å². The molecular weight excluding hydrogens is 345 g/mol. The average molecular weight is 363 g/mol. The molecule has 0 bridgehead atoms. The van der Waals surface area contributed by atoms with E-state index in [4.69, 9.17) is 0 Å². The second kappa shape index (κ2) is 8.71. The number of halogens is 1. The van der Waals surface area contributed by atoms with Crippen LogP contribution in [0.15, 0.2) is 73.1 Å². The fourth-order valence-electron chi connectivity index (χ4n) is 2.48. The van der Waals surface area contributed by atoms with E-state index in [-0.39, 0.29) is 24.1 Å². The molecule has 3 rings (SSSR count). The first kappa shape index (κ1) is 18.3. The topological polar surface area (TPSA) is 71.1 Å². The lowest BCUT2D eigenvalue weighted by Gasteiger charge is -2.08. The number of carbonyl (C=O) groups excluding carboxylic acids is 2. The lowest BCUT2D eigenvalue weighted by atomic mass is 10.1. The van der Waals surface area contributed by atoms with Gasteiger partial charge in [0.1, 0.15) is 5.82 Å². The third kappa shape index (κ3) is 5.47. The van der Waals surface area contributed by atoms with Crippen molar-refractivity contribution in [2.45, 2.75) is 13.0 Å². The van der Waals surface area contributed by atoms with Gasteiger partial charge < -0.3 is 10.6 Å². The van der Waals surface area contributed by atoms with Crippen molar-refractivity contribution in [2.75, 3.05) is 5.32 Å². The van der Waals surface area contributed by atoms with Gasteiger partial charge in [0, 0.05) is 24.6 Å². The Labute approximate surface area is 156 Å². The van der Waals surface area contributed by atoms with Gasteiger partial charge in [0.05, 0.1) is 12.0 Å². The molecule has 5 nitrogen and oxygen atoms in total. The maximum atomic E-state index is 12.9. The van der Waals surface area contributed by atoms with Crippen molar-refractivity contribution in [1.29, 1.82) is 0 Å². The summed E-state index contributed by atoms with van der Waals surface area (Å²) in [6.07, 6.45) is 3.29. The van der Waals surface area contributed by atoms with E-state index in [9.17, 15) is 14.0 Å². The van der Waals surface area contributed by atoms with E-state index in [1.807, 2.05) is 12.1 Å². The number of hydrogen-bond donors (Lipinski definition) is 2. The van der Waals surface area contributed by atoms with Crippen LogP contribution in [-0.4, -0.2) is 16.8 Å². The van der Waals surface area contributed by atoms with Gasteiger partial charge in [0.2, 0.25) is 5.91 Å². The van der Waals surface area contributed by atoms with Gasteiger partial charge in [-0.2, -0.15) is 0 Å². The van der Waals surface area contributed by atoms with Crippen molar-refractivity contribution >= 4 is 17.5 Å². The molecule has 3 aromatic rings. The summed E-state index contributed by atoms with van der Waals surface area (Å²) in [4.78, 5) is 28.0. The molecule has 0 unspecified atom stereocenters. The lowest BCUT2D eigenvalue weighted by Crippen LogP contribution is -2.22. The lowest BCUT2D eigenvalue weighted by molar-refractivity contribution is -0.115. The minimum Gasteiger partial charge on any atom is -0.348 e. The van der Waals surface area contributed by atoms with Crippen LogP contribution in [0.5, 0.6) is 0 Å². The summed E-state index contributed by atoms with van der Waals surface area (Å²) in [7, 11) is 0. The van der Waals surface area contributed by atoms with Crippen LogP contribution in [-0.2, 0) is 17.8 Å². The highest BCUT2D eigenvalue weighted by atomic mass is 19.1. The molecule has 0 saturated heterocycles. The predicted molar refractivity (Wildman–Crippen MR) is 101 cm³/mol. The van der Waals surface area contributed by atoms with E-state index in [2.05, 4.69) is 15.6 Å².